The van der Waals surface area contributed by atoms with Crippen molar-refractivity contribution in [2.24, 2.45) is 17.8 Å². The molecule has 11 heteroatoms. The molecule has 10 nitrogen and oxygen atoms in total. The molecular formula is C35H43ClN2O8. The minimum atomic E-state index is -1.14. The van der Waals surface area contributed by atoms with E-state index in [2.05, 4.69) is 10.6 Å². The summed E-state index contributed by atoms with van der Waals surface area (Å²) in [4.78, 5) is 53.1. The van der Waals surface area contributed by atoms with Crippen molar-refractivity contribution < 1.29 is 38.1 Å². The molecule has 0 spiro atoms. The van der Waals surface area contributed by atoms with Crippen LogP contribution in [-0.2, 0) is 39.8 Å². The highest BCUT2D eigenvalue weighted by Gasteiger charge is 2.48. The van der Waals surface area contributed by atoms with Gasteiger partial charge < -0.3 is 29.6 Å². The first-order chi connectivity index (χ1) is 22.0. The Balaban J connectivity index is 1.59. The molecule has 0 aromatic heterocycles. The third-order valence-corrected chi connectivity index (χ3v) is 8.87. The summed E-state index contributed by atoms with van der Waals surface area (Å²) in [5.74, 6) is -3.13. The first-order valence-corrected chi connectivity index (χ1v) is 16.1. The maximum atomic E-state index is 13.5. The highest BCUT2D eigenvalue weighted by atomic mass is 35.5. The molecule has 8 atom stereocenters. The van der Waals surface area contributed by atoms with E-state index in [-0.39, 0.29) is 43.4 Å². The number of carbonyl (C=O) groups is 4. The van der Waals surface area contributed by atoms with E-state index in [4.69, 9.17) is 30.5 Å². The molecule has 0 bridgehead atoms. The Morgan fingerprint density at radius 2 is 1.76 bits per heavy atom. The molecule has 2 aliphatic heterocycles. The van der Waals surface area contributed by atoms with Crippen molar-refractivity contribution >= 4 is 35.4 Å². The van der Waals surface area contributed by atoms with Crippen LogP contribution < -0.4 is 15.4 Å². The third-order valence-electron chi connectivity index (χ3n) is 8.57. The summed E-state index contributed by atoms with van der Waals surface area (Å²) >= 11 is 6.30. The quantitative estimate of drug-likeness (QED) is 0.308. The number of hydrogen-bond donors (Lipinski definition) is 2. The molecular weight excluding hydrogens is 612 g/mol. The normalized spacial score (nSPS) is 28.1. The Morgan fingerprint density at radius 1 is 1.02 bits per heavy atom. The molecule has 248 valence electrons. The number of nitrogens with one attached hydrogen (secondary N) is 2. The lowest BCUT2D eigenvalue weighted by atomic mass is 9.93. The smallest absolute Gasteiger partial charge is 0.348 e. The van der Waals surface area contributed by atoms with Crippen LogP contribution >= 0.6 is 11.6 Å². The summed E-state index contributed by atoms with van der Waals surface area (Å²) in [5.41, 5.74) is 1.73. The van der Waals surface area contributed by atoms with E-state index in [0.717, 1.165) is 5.56 Å². The molecule has 46 heavy (non-hydrogen) atoms. The van der Waals surface area contributed by atoms with Gasteiger partial charge in [-0.2, -0.15) is 0 Å². The van der Waals surface area contributed by atoms with Crippen LogP contribution in [0.4, 0.5) is 0 Å². The van der Waals surface area contributed by atoms with Crippen LogP contribution in [0, 0.1) is 17.8 Å². The highest BCUT2D eigenvalue weighted by molar-refractivity contribution is 6.32. The monoisotopic (exact) mass is 654 g/mol. The van der Waals surface area contributed by atoms with Gasteiger partial charge in [0.15, 0.2) is 0 Å². The molecule has 0 radical (unpaired) electrons. The predicted molar refractivity (Wildman–Crippen MR) is 172 cm³/mol. The summed E-state index contributed by atoms with van der Waals surface area (Å²) in [6.45, 7) is 7.19. The SMILES string of the molecule is CC[C@H](C)[C@@H]1OC(=O)[C@H](C)CNC(=O)[C@@H](Cc2ccc(OC)c(Cl)c2)NC(=O)/C=C/C[C@@H]([C@@H](C)[C@H]2O[C@H]2c2ccccc2)OC1=O. The lowest BCUT2D eigenvalue weighted by Crippen LogP contribution is -2.49. The average molecular weight is 655 g/mol. The molecule has 4 rings (SSSR count). The van der Waals surface area contributed by atoms with Gasteiger partial charge >= 0.3 is 11.9 Å². The number of epoxide rings is 1. The maximum Gasteiger partial charge on any atom is 0.348 e. The van der Waals surface area contributed by atoms with Gasteiger partial charge in [-0.1, -0.05) is 81.8 Å². The van der Waals surface area contributed by atoms with Gasteiger partial charge in [0.1, 0.15) is 24.0 Å². The number of amides is 2. The molecule has 2 amide bonds. The fourth-order valence-electron chi connectivity index (χ4n) is 5.36. The minimum Gasteiger partial charge on any atom is -0.495 e. The van der Waals surface area contributed by atoms with E-state index >= 15 is 0 Å². The van der Waals surface area contributed by atoms with Gasteiger partial charge in [0.25, 0.3) is 0 Å². The molecule has 0 saturated carbocycles. The van der Waals surface area contributed by atoms with Gasteiger partial charge in [0.2, 0.25) is 17.9 Å². The van der Waals surface area contributed by atoms with Crippen LogP contribution in [0.2, 0.25) is 5.02 Å². The second-order valence-corrected chi connectivity index (χ2v) is 12.4. The second-order valence-electron chi connectivity index (χ2n) is 12.0. The molecule has 2 N–H and O–H groups in total. The largest absolute Gasteiger partial charge is 0.495 e. The van der Waals surface area contributed by atoms with E-state index < -0.39 is 47.9 Å². The standard InChI is InChI=1S/C35H43ClN2O8/c1-6-20(2)30-35(42)44-27(22(4)31-32(45-31)24-11-8-7-9-12-24)13-10-14-29(39)38-26(33(40)37-19-21(3)34(41)46-30)18-23-15-16-28(43-5)25(36)17-23/h7-12,14-17,20-22,26-27,30-32H,6,13,18-19H2,1-5H3,(H,37,40)(H,38,39)/b14-10+/t20-,21+,22+,26+,27-,30-,31+,32-/m0/s1. The van der Waals surface area contributed by atoms with Gasteiger partial charge in [0.05, 0.1) is 24.2 Å². The zero-order chi connectivity index (χ0) is 33.4. The summed E-state index contributed by atoms with van der Waals surface area (Å²) in [7, 11) is 1.51. The Kier molecular flexibility index (Phi) is 12.2. The molecule has 2 aromatic carbocycles. The van der Waals surface area contributed by atoms with Gasteiger partial charge in [-0.15, -0.1) is 0 Å². The van der Waals surface area contributed by atoms with E-state index in [0.29, 0.717) is 22.8 Å². The van der Waals surface area contributed by atoms with Crippen LogP contribution in [0.1, 0.15) is 57.8 Å². The topological polar surface area (TPSA) is 133 Å². The Bertz CT molecular complexity index is 1420. The first-order valence-electron chi connectivity index (χ1n) is 15.7. The van der Waals surface area contributed by atoms with E-state index in [9.17, 15) is 19.2 Å². The van der Waals surface area contributed by atoms with Crippen LogP contribution in [0.5, 0.6) is 5.75 Å². The van der Waals surface area contributed by atoms with E-state index in [1.807, 2.05) is 51.1 Å². The number of halogens is 1. The maximum absolute atomic E-state index is 13.5. The summed E-state index contributed by atoms with van der Waals surface area (Å²) in [6.07, 6.45) is 1.69. The van der Waals surface area contributed by atoms with Gasteiger partial charge in [-0.05, 0) is 35.8 Å². The minimum absolute atomic E-state index is 0.0644. The van der Waals surface area contributed by atoms with Crippen LogP contribution in [0.15, 0.2) is 60.7 Å². The van der Waals surface area contributed by atoms with Crippen molar-refractivity contribution in [1.82, 2.24) is 10.6 Å². The number of hydrogen-bond acceptors (Lipinski definition) is 8. The molecule has 2 aromatic rings. The summed E-state index contributed by atoms with van der Waals surface area (Å²) in [5, 5.41) is 5.86. The fraction of sp³-hybridized carbons (Fsp3) is 0.486. The first kappa shape index (κ1) is 35.0. The van der Waals surface area contributed by atoms with Crippen molar-refractivity contribution in [3.8, 4) is 5.75 Å². The molecule has 1 saturated heterocycles. The van der Waals surface area contributed by atoms with Crippen molar-refractivity contribution in [2.45, 2.75) is 77.4 Å². The number of benzene rings is 2. The second kappa shape index (κ2) is 16.1. The lowest BCUT2D eigenvalue weighted by molar-refractivity contribution is -0.179. The van der Waals surface area contributed by atoms with Crippen molar-refractivity contribution in [2.75, 3.05) is 13.7 Å². The van der Waals surface area contributed by atoms with Crippen molar-refractivity contribution in [3.05, 3.63) is 76.8 Å². The number of methoxy groups -OCH3 is 1. The van der Waals surface area contributed by atoms with Crippen molar-refractivity contribution in [3.63, 3.8) is 0 Å². The van der Waals surface area contributed by atoms with E-state index in [1.165, 1.54) is 13.2 Å². The molecule has 0 aliphatic carbocycles. The fourth-order valence-corrected chi connectivity index (χ4v) is 5.64. The summed E-state index contributed by atoms with van der Waals surface area (Å²) in [6, 6.07) is 13.9. The number of ether oxygens (including phenoxy) is 4. The molecule has 1 fully saturated rings. The van der Waals surface area contributed by atoms with Crippen LogP contribution in [0.3, 0.4) is 0 Å². The predicted octanol–water partition coefficient (Wildman–Crippen LogP) is 4.73. The molecule has 2 heterocycles. The average Bonchev–Trinajstić information content (AvgIpc) is 3.85. The van der Waals surface area contributed by atoms with Crippen LogP contribution in [-0.4, -0.2) is 61.8 Å². The highest BCUT2D eigenvalue weighted by Crippen LogP contribution is 2.45. The third kappa shape index (κ3) is 9.10. The lowest BCUT2D eigenvalue weighted by Gasteiger charge is -2.28. The molecule has 2 aliphatic rings. The Labute approximate surface area is 275 Å². The zero-order valence-electron chi connectivity index (χ0n) is 26.9. The number of cyclic esters (lactones) is 2. The summed E-state index contributed by atoms with van der Waals surface area (Å²) < 4.78 is 23.0. The zero-order valence-corrected chi connectivity index (χ0v) is 27.6. The number of rotatable bonds is 8. The van der Waals surface area contributed by atoms with Gasteiger partial charge in [-0.3, -0.25) is 14.4 Å². The van der Waals surface area contributed by atoms with Gasteiger partial charge in [-0.25, -0.2) is 4.79 Å². The van der Waals surface area contributed by atoms with E-state index in [1.54, 1.807) is 31.2 Å². The van der Waals surface area contributed by atoms with Crippen LogP contribution in [0.25, 0.3) is 0 Å². The van der Waals surface area contributed by atoms with Gasteiger partial charge in [0, 0.05) is 31.2 Å². The van der Waals surface area contributed by atoms with Crippen molar-refractivity contribution in [1.29, 1.82) is 0 Å². The Hall–Kier alpha value is -3.89. The molecule has 0 unspecified atom stereocenters. The number of carbonyl (C=O) groups excluding carboxylic acids is 4. The number of esters is 2. The Morgan fingerprint density at radius 3 is 2.43 bits per heavy atom.